The van der Waals surface area contributed by atoms with Crippen molar-refractivity contribution in [3.8, 4) is 0 Å². The standard InChI is InChI=1S/C16H22N4O/c1-11-13(16(21)17-2)3-4-15-14(11)10-20(19-15)9-12-5-7-18-8-6-12/h3-4,10,12,18H,5-9H2,1-2H3,(H,17,21). The quantitative estimate of drug-likeness (QED) is 0.903. The fourth-order valence-corrected chi connectivity index (χ4v) is 3.08. The summed E-state index contributed by atoms with van der Waals surface area (Å²) in [4.78, 5) is 11.9. The van der Waals surface area contributed by atoms with Crippen molar-refractivity contribution < 1.29 is 4.79 Å². The first kappa shape index (κ1) is 14.1. The third-order valence-corrected chi connectivity index (χ3v) is 4.38. The molecule has 5 heteroatoms. The zero-order valence-electron chi connectivity index (χ0n) is 12.6. The van der Waals surface area contributed by atoms with Gasteiger partial charge in [-0.15, -0.1) is 0 Å². The highest BCUT2D eigenvalue weighted by atomic mass is 16.1. The van der Waals surface area contributed by atoms with E-state index in [9.17, 15) is 4.79 Å². The van der Waals surface area contributed by atoms with Crippen LogP contribution in [0.5, 0.6) is 0 Å². The lowest BCUT2D eigenvalue weighted by atomic mass is 9.98. The Kier molecular flexibility index (Phi) is 3.92. The van der Waals surface area contributed by atoms with Crippen LogP contribution >= 0.6 is 0 Å². The first-order valence-electron chi connectivity index (χ1n) is 7.58. The molecule has 1 aliphatic heterocycles. The topological polar surface area (TPSA) is 59.0 Å². The summed E-state index contributed by atoms with van der Waals surface area (Å²) in [6.45, 7) is 5.16. The van der Waals surface area contributed by atoms with Gasteiger partial charge < -0.3 is 10.6 Å². The van der Waals surface area contributed by atoms with Gasteiger partial charge in [0.15, 0.2) is 0 Å². The van der Waals surface area contributed by atoms with Crippen LogP contribution in [-0.2, 0) is 6.54 Å². The Bertz CT molecular complexity index is 656. The molecule has 0 aliphatic carbocycles. The Morgan fingerprint density at radius 3 is 2.90 bits per heavy atom. The molecule has 1 aromatic heterocycles. The molecule has 1 fully saturated rings. The van der Waals surface area contributed by atoms with Gasteiger partial charge in [-0.3, -0.25) is 9.48 Å². The number of carbonyl (C=O) groups is 1. The van der Waals surface area contributed by atoms with E-state index in [0.29, 0.717) is 5.92 Å². The summed E-state index contributed by atoms with van der Waals surface area (Å²) in [5.74, 6) is 0.653. The van der Waals surface area contributed by atoms with E-state index in [-0.39, 0.29) is 5.91 Å². The maximum Gasteiger partial charge on any atom is 0.251 e. The summed E-state index contributed by atoms with van der Waals surface area (Å²) in [5.41, 5.74) is 2.70. The Morgan fingerprint density at radius 2 is 2.19 bits per heavy atom. The van der Waals surface area contributed by atoms with Crippen LogP contribution in [0.3, 0.4) is 0 Å². The van der Waals surface area contributed by atoms with Gasteiger partial charge in [-0.1, -0.05) is 0 Å². The lowest BCUT2D eigenvalue weighted by Crippen LogP contribution is -2.29. The molecule has 2 heterocycles. The minimum absolute atomic E-state index is 0.0412. The summed E-state index contributed by atoms with van der Waals surface area (Å²) < 4.78 is 2.04. The molecule has 1 amide bonds. The number of rotatable bonds is 3. The highest BCUT2D eigenvalue weighted by molar-refractivity contribution is 6.00. The van der Waals surface area contributed by atoms with E-state index in [1.165, 1.54) is 12.8 Å². The molecule has 2 aromatic rings. The van der Waals surface area contributed by atoms with Crippen molar-refractivity contribution in [1.82, 2.24) is 20.4 Å². The van der Waals surface area contributed by atoms with Crippen molar-refractivity contribution in [2.45, 2.75) is 26.3 Å². The largest absolute Gasteiger partial charge is 0.355 e. The monoisotopic (exact) mass is 286 g/mol. The summed E-state index contributed by atoms with van der Waals surface area (Å²) in [6, 6.07) is 3.80. The molecule has 2 N–H and O–H groups in total. The minimum Gasteiger partial charge on any atom is -0.355 e. The van der Waals surface area contributed by atoms with Gasteiger partial charge in [-0.05, 0) is 56.5 Å². The zero-order chi connectivity index (χ0) is 14.8. The molecule has 0 spiro atoms. The average Bonchev–Trinajstić information content (AvgIpc) is 2.91. The molecule has 0 radical (unpaired) electrons. The fourth-order valence-electron chi connectivity index (χ4n) is 3.08. The number of carbonyl (C=O) groups excluding carboxylic acids is 1. The van der Waals surface area contributed by atoms with Crippen LogP contribution in [0.25, 0.3) is 10.9 Å². The van der Waals surface area contributed by atoms with Crippen LogP contribution in [0.1, 0.15) is 28.8 Å². The first-order valence-corrected chi connectivity index (χ1v) is 7.58. The van der Waals surface area contributed by atoms with Gasteiger partial charge in [0.2, 0.25) is 0 Å². The van der Waals surface area contributed by atoms with E-state index >= 15 is 0 Å². The van der Waals surface area contributed by atoms with E-state index < -0.39 is 0 Å². The fraction of sp³-hybridized carbons (Fsp3) is 0.500. The van der Waals surface area contributed by atoms with Crippen LogP contribution in [-0.4, -0.2) is 35.8 Å². The van der Waals surface area contributed by atoms with Crippen LogP contribution in [0.4, 0.5) is 0 Å². The zero-order valence-corrected chi connectivity index (χ0v) is 12.6. The SMILES string of the molecule is CNC(=O)c1ccc2nn(CC3CCNCC3)cc2c1C. The second-order valence-corrected chi connectivity index (χ2v) is 5.79. The van der Waals surface area contributed by atoms with E-state index in [1.807, 2.05) is 23.7 Å². The van der Waals surface area contributed by atoms with Crippen LogP contribution in [0.15, 0.2) is 18.3 Å². The van der Waals surface area contributed by atoms with Gasteiger partial charge in [0, 0.05) is 30.7 Å². The Morgan fingerprint density at radius 1 is 1.43 bits per heavy atom. The van der Waals surface area contributed by atoms with Crippen molar-refractivity contribution in [1.29, 1.82) is 0 Å². The smallest absolute Gasteiger partial charge is 0.251 e. The predicted octanol–water partition coefficient (Wildman–Crippen LogP) is 1.70. The van der Waals surface area contributed by atoms with Crippen LogP contribution in [0.2, 0.25) is 0 Å². The third kappa shape index (κ3) is 2.78. The van der Waals surface area contributed by atoms with Crippen LogP contribution < -0.4 is 10.6 Å². The van der Waals surface area contributed by atoms with Crippen molar-refractivity contribution in [3.05, 3.63) is 29.5 Å². The van der Waals surface area contributed by atoms with E-state index in [0.717, 1.165) is 41.7 Å². The molecule has 0 atom stereocenters. The number of hydrogen-bond acceptors (Lipinski definition) is 3. The molecule has 0 saturated carbocycles. The first-order chi connectivity index (χ1) is 10.2. The van der Waals surface area contributed by atoms with Gasteiger partial charge >= 0.3 is 0 Å². The second kappa shape index (κ2) is 5.85. The van der Waals surface area contributed by atoms with Gasteiger partial charge in [-0.2, -0.15) is 5.10 Å². The highest BCUT2D eigenvalue weighted by Crippen LogP contribution is 2.22. The average molecular weight is 286 g/mol. The summed E-state index contributed by atoms with van der Waals surface area (Å²) in [5, 5.41) is 11.8. The van der Waals surface area contributed by atoms with Crippen molar-refractivity contribution in [2.75, 3.05) is 20.1 Å². The lowest BCUT2D eigenvalue weighted by Gasteiger charge is -2.22. The Labute approximate surface area is 124 Å². The summed E-state index contributed by atoms with van der Waals surface area (Å²) in [7, 11) is 1.66. The normalized spacial score (nSPS) is 16.3. The number of fused-ring (bicyclic) bond motifs is 1. The number of aryl methyl sites for hydroxylation is 1. The summed E-state index contributed by atoms with van der Waals surface area (Å²) >= 11 is 0. The maximum atomic E-state index is 11.9. The Hall–Kier alpha value is -1.88. The van der Waals surface area contributed by atoms with Crippen LogP contribution in [0, 0.1) is 12.8 Å². The molecule has 21 heavy (non-hydrogen) atoms. The molecular formula is C16H22N4O. The van der Waals surface area contributed by atoms with Gasteiger partial charge in [0.05, 0.1) is 5.52 Å². The molecule has 0 unspecified atom stereocenters. The second-order valence-electron chi connectivity index (χ2n) is 5.79. The van der Waals surface area contributed by atoms with E-state index in [2.05, 4.69) is 21.9 Å². The van der Waals surface area contributed by atoms with Crippen molar-refractivity contribution in [3.63, 3.8) is 0 Å². The number of benzene rings is 1. The minimum atomic E-state index is -0.0412. The van der Waals surface area contributed by atoms with E-state index in [1.54, 1.807) is 7.05 Å². The predicted molar refractivity (Wildman–Crippen MR) is 83.5 cm³/mol. The molecular weight excluding hydrogens is 264 g/mol. The number of amides is 1. The number of hydrogen-bond donors (Lipinski definition) is 2. The molecule has 112 valence electrons. The summed E-state index contributed by atoms with van der Waals surface area (Å²) in [6.07, 6.45) is 4.50. The number of aromatic nitrogens is 2. The molecule has 1 saturated heterocycles. The molecule has 1 aromatic carbocycles. The number of piperidine rings is 1. The highest BCUT2D eigenvalue weighted by Gasteiger charge is 2.16. The number of nitrogens with one attached hydrogen (secondary N) is 2. The molecule has 5 nitrogen and oxygen atoms in total. The molecule has 1 aliphatic rings. The third-order valence-electron chi connectivity index (χ3n) is 4.38. The lowest BCUT2D eigenvalue weighted by molar-refractivity contribution is 0.0962. The van der Waals surface area contributed by atoms with Gasteiger partial charge in [0.25, 0.3) is 5.91 Å². The van der Waals surface area contributed by atoms with Crippen molar-refractivity contribution >= 4 is 16.8 Å². The number of nitrogens with zero attached hydrogens (tertiary/aromatic N) is 2. The van der Waals surface area contributed by atoms with E-state index in [4.69, 9.17) is 0 Å². The van der Waals surface area contributed by atoms with Crippen molar-refractivity contribution in [2.24, 2.45) is 5.92 Å². The molecule has 0 bridgehead atoms. The van der Waals surface area contributed by atoms with Gasteiger partial charge in [-0.25, -0.2) is 0 Å². The van der Waals surface area contributed by atoms with Gasteiger partial charge in [0.1, 0.15) is 0 Å². The molecule has 3 rings (SSSR count). The maximum absolute atomic E-state index is 11.9. The Balaban J connectivity index is 1.89.